The zero-order chi connectivity index (χ0) is 21.4. The lowest BCUT2D eigenvalue weighted by molar-refractivity contribution is -0.383. The van der Waals surface area contributed by atoms with Crippen LogP contribution in [0.1, 0.15) is 33.2 Å². The van der Waals surface area contributed by atoms with E-state index in [-0.39, 0.29) is 44.6 Å². The van der Waals surface area contributed by atoms with Crippen molar-refractivity contribution in [1.82, 2.24) is 5.01 Å². The van der Waals surface area contributed by atoms with Crippen LogP contribution in [0.4, 0.5) is 5.69 Å². The summed E-state index contributed by atoms with van der Waals surface area (Å²) in [6.07, 6.45) is 1.18. The molecule has 1 aliphatic rings. The molecule has 0 saturated heterocycles. The smallest absolute Gasteiger partial charge is 0.282 e. The Morgan fingerprint density at radius 2 is 1.80 bits per heavy atom. The summed E-state index contributed by atoms with van der Waals surface area (Å²) in [6, 6.07) is 11.8. The number of carbonyl (C=O) groups excluding carboxylic acids is 2. The Morgan fingerprint density at radius 1 is 1.10 bits per heavy atom. The summed E-state index contributed by atoms with van der Waals surface area (Å²) in [5.74, 6) is -1.34. The number of hydrogen-bond acceptors (Lipinski definition) is 7. The molecule has 30 heavy (non-hydrogen) atoms. The molecule has 0 atom stereocenters. The van der Waals surface area contributed by atoms with Crippen molar-refractivity contribution in [3.05, 3.63) is 75.3 Å². The van der Waals surface area contributed by atoms with Crippen molar-refractivity contribution in [3.8, 4) is 11.5 Å². The van der Waals surface area contributed by atoms with E-state index in [1.54, 1.807) is 25.1 Å². The van der Waals surface area contributed by atoms with Gasteiger partial charge >= 0.3 is 0 Å². The highest BCUT2D eigenvalue weighted by molar-refractivity contribution is 6.26. The molecule has 3 aromatic rings. The highest BCUT2D eigenvalue weighted by Crippen LogP contribution is 2.35. The summed E-state index contributed by atoms with van der Waals surface area (Å²) in [7, 11) is 0. The molecule has 0 unspecified atom stereocenters. The molecule has 1 aliphatic heterocycles. The van der Waals surface area contributed by atoms with Gasteiger partial charge in [-0.3, -0.25) is 19.7 Å². The van der Waals surface area contributed by atoms with Gasteiger partial charge < -0.3 is 9.84 Å². The van der Waals surface area contributed by atoms with E-state index >= 15 is 0 Å². The van der Waals surface area contributed by atoms with Crippen LogP contribution in [-0.4, -0.2) is 39.7 Å². The number of hydrogen-bond donors (Lipinski definition) is 1. The molecular weight excluding hydrogens is 390 g/mol. The molecule has 1 heterocycles. The first kappa shape index (κ1) is 19.1. The zero-order valence-electron chi connectivity index (χ0n) is 15.7. The lowest BCUT2D eigenvalue weighted by Gasteiger charge is -2.23. The third-order valence-electron chi connectivity index (χ3n) is 4.70. The van der Waals surface area contributed by atoms with Crippen molar-refractivity contribution >= 4 is 34.5 Å². The Kier molecular flexibility index (Phi) is 4.63. The van der Waals surface area contributed by atoms with Gasteiger partial charge in [-0.25, -0.2) is 0 Å². The summed E-state index contributed by atoms with van der Waals surface area (Å²) >= 11 is 0. The summed E-state index contributed by atoms with van der Waals surface area (Å²) in [4.78, 5) is 36.6. The maximum Gasteiger partial charge on any atom is 0.282 e. The molecule has 0 aliphatic carbocycles. The molecule has 4 rings (SSSR count). The number of nitrogens with zero attached hydrogens (tertiary/aromatic N) is 3. The third kappa shape index (κ3) is 2.93. The van der Waals surface area contributed by atoms with E-state index in [2.05, 4.69) is 5.10 Å². The van der Waals surface area contributed by atoms with Crippen LogP contribution in [0.2, 0.25) is 0 Å². The van der Waals surface area contributed by atoms with Crippen LogP contribution in [0, 0.1) is 10.1 Å². The highest BCUT2D eigenvalue weighted by atomic mass is 16.6. The first-order chi connectivity index (χ1) is 14.4. The van der Waals surface area contributed by atoms with Crippen molar-refractivity contribution in [1.29, 1.82) is 0 Å². The number of benzene rings is 3. The zero-order valence-corrected chi connectivity index (χ0v) is 15.7. The second kappa shape index (κ2) is 7.28. The molecule has 0 spiro atoms. The molecule has 0 saturated carbocycles. The quantitative estimate of drug-likeness (QED) is 0.300. The van der Waals surface area contributed by atoms with Crippen LogP contribution in [0.25, 0.3) is 10.8 Å². The summed E-state index contributed by atoms with van der Waals surface area (Å²) in [6.45, 7) is 2.12. The van der Waals surface area contributed by atoms with E-state index in [0.717, 1.165) is 0 Å². The van der Waals surface area contributed by atoms with E-state index in [4.69, 9.17) is 4.74 Å². The molecule has 0 radical (unpaired) electrons. The van der Waals surface area contributed by atoms with Gasteiger partial charge in [0.2, 0.25) is 0 Å². The topological polar surface area (TPSA) is 122 Å². The Hall–Kier alpha value is -4.27. The van der Waals surface area contributed by atoms with Crippen LogP contribution >= 0.6 is 0 Å². The second-order valence-corrected chi connectivity index (χ2v) is 6.41. The van der Waals surface area contributed by atoms with E-state index in [9.17, 15) is 24.8 Å². The number of para-hydroxylation sites is 1. The van der Waals surface area contributed by atoms with Crippen molar-refractivity contribution in [2.75, 3.05) is 6.61 Å². The number of rotatable bonds is 5. The lowest BCUT2D eigenvalue weighted by Crippen LogP contribution is -2.36. The van der Waals surface area contributed by atoms with Gasteiger partial charge in [0.1, 0.15) is 0 Å². The van der Waals surface area contributed by atoms with Crippen LogP contribution < -0.4 is 4.74 Å². The maximum atomic E-state index is 12.9. The minimum absolute atomic E-state index is 0.134. The predicted molar refractivity (Wildman–Crippen MR) is 108 cm³/mol. The summed E-state index contributed by atoms with van der Waals surface area (Å²) in [5.41, 5.74) is 0.338. The number of phenolic OH excluding ortho intramolecular Hbond substituents is 1. The number of nitro groups is 1. The van der Waals surface area contributed by atoms with Crippen molar-refractivity contribution in [2.45, 2.75) is 6.92 Å². The Bertz CT molecular complexity index is 1230. The number of nitro benzene ring substituents is 1. The SMILES string of the molecule is CCOc1cccc(/C=N/N2C(=O)c3cccc4c([N+](=O)[O-])ccc(c34)C2=O)c1O. The Balaban J connectivity index is 1.78. The van der Waals surface area contributed by atoms with Gasteiger partial charge in [0.25, 0.3) is 17.5 Å². The number of imide groups is 1. The van der Waals surface area contributed by atoms with E-state index in [0.29, 0.717) is 11.6 Å². The summed E-state index contributed by atoms with van der Waals surface area (Å²) in [5, 5.41) is 26.7. The normalized spacial score (nSPS) is 13.3. The van der Waals surface area contributed by atoms with Crippen LogP contribution in [0.15, 0.2) is 53.6 Å². The van der Waals surface area contributed by atoms with Crippen LogP contribution in [0.3, 0.4) is 0 Å². The Morgan fingerprint density at radius 3 is 2.50 bits per heavy atom. The first-order valence-electron chi connectivity index (χ1n) is 9.01. The highest BCUT2D eigenvalue weighted by Gasteiger charge is 2.34. The lowest BCUT2D eigenvalue weighted by atomic mass is 9.94. The van der Waals surface area contributed by atoms with Crippen LogP contribution in [0.5, 0.6) is 11.5 Å². The molecule has 150 valence electrons. The molecule has 9 heteroatoms. The van der Waals surface area contributed by atoms with Crippen molar-refractivity contribution < 1.29 is 24.4 Å². The Labute approximate surface area is 169 Å². The summed E-state index contributed by atoms with van der Waals surface area (Å²) < 4.78 is 5.31. The first-order valence-corrected chi connectivity index (χ1v) is 9.01. The number of phenols is 1. The number of amides is 2. The molecule has 3 aromatic carbocycles. The van der Waals surface area contributed by atoms with Gasteiger partial charge in [0, 0.05) is 17.0 Å². The van der Waals surface area contributed by atoms with Crippen molar-refractivity contribution in [3.63, 3.8) is 0 Å². The largest absolute Gasteiger partial charge is 0.504 e. The fourth-order valence-electron chi connectivity index (χ4n) is 3.37. The van der Waals surface area contributed by atoms with E-state index < -0.39 is 16.7 Å². The van der Waals surface area contributed by atoms with Gasteiger partial charge in [0.05, 0.1) is 34.3 Å². The van der Waals surface area contributed by atoms with Gasteiger partial charge in [-0.05, 0) is 37.3 Å². The predicted octanol–water partition coefficient (Wildman–Crippen LogP) is 3.48. The van der Waals surface area contributed by atoms with E-state index in [1.165, 1.54) is 36.5 Å². The number of hydrazone groups is 1. The van der Waals surface area contributed by atoms with Crippen molar-refractivity contribution in [2.24, 2.45) is 5.10 Å². The molecule has 0 bridgehead atoms. The molecule has 2 amide bonds. The molecule has 9 nitrogen and oxygen atoms in total. The molecule has 0 aromatic heterocycles. The van der Waals surface area contributed by atoms with Gasteiger partial charge in [-0.1, -0.05) is 12.1 Å². The number of carbonyl (C=O) groups is 2. The maximum absolute atomic E-state index is 12.9. The minimum atomic E-state index is -0.713. The average Bonchev–Trinajstić information content (AvgIpc) is 2.73. The molecule has 0 fully saturated rings. The fraction of sp³-hybridized carbons (Fsp3) is 0.0952. The monoisotopic (exact) mass is 405 g/mol. The average molecular weight is 405 g/mol. The van der Waals surface area contributed by atoms with Gasteiger partial charge in [0.15, 0.2) is 11.5 Å². The van der Waals surface area contributed by atoms with Gasteiger partial charge in [-0.2, -0.15) is 10.1 Å². The molecular formula is C21H15N3O6. The third-order valence-corrected chi connectivity index (χ3v) is 4.70. The molecule has 1 N–H and O–H groups in total. The van der Waals surface area contributed by atoms with Crippen LogP contribution in [-0.2, 0) is 0 Å². The number of aromatic hydroxyl groups is 1. The second-order valence-electron chi connectivity index (χ2n) is 6.41. The van der Waals surface area contributed by atoms with Gasteiger partial charge in [-0.15, -0.1) is 0 Å². The number of ether oxygens (including phenoxy) is 1. The minimum Gasteiger partial charge on any atom is -0.504 e. The van der Waals surface area contributed by atoms with E-state index in [1.807, 2.05) is 0 Å². The number of non-ortho nitro benzene ring substituents is 1. The standard InChI is InChI=1S/C21H15N3O6/c1-2-30-17-8-3-5-12(19(17)25)11-22-23-20(26)14-7-4-6-13-16(24(28)29)10-9-15(18(13)14)21(23)27/h3-11,25H,2H2,1H3/b22-11+. The fourth-order valence-corrected chi connectivity index (χ4v) is 3.37.